The fourth-order valence-electron chi connectivity index (χ4n) is 4.22. The smallest absolute Gasteiger partial charge is 0.297 e. The van der Waals surface area contributed by atoms with Gasteiger partial charge in [-0.2, -0.15) is 0 Å². The van der Waals surface area contributed by atoms with Crippen LogP contribution in [0.1, 0.15) is 65.3 Å². The van der Waals surface area contributed by atoms with Gasteiger partial charge in [-0.05, 0) is 42.5 Å². The van der Waals surface area contributed by atoms with Crippen molar-refractivity contribution >= 4 is 33.3 Å². The zero-order valence-corrected chi connectivity index (χ0v) is 19.5. The molecule has 5 rings (SSSR count). The highest BCUT2D eigenvalue weighted by atomic mass is 32.1. The average molecular weight is 445 g/mol. The van der Waals surface area contributed by atoms with Gasteiger partial charge in [-0.3, -0.25) is 14.5 Å². The number of aryl methyl sites for hydroxylation is 2. The van der Waals surface area contributed by atoms with Crippen molar-refractivity contribution in [1.29, 1.82) is 0 Å². The Bertz CT molecular complexity index is 1420. The van der Waals surface area contributed by atoms with Crippen molar-refractivity contribution < 1.29 is 9.21 Å². The van der Waals surface area contributed by atoms with Crippen molar-refractivity contribution in [2.45, 2.75) is 46.1 Å². The molecule has 4 aromatic rings. The van der Waals surface area contributed by atoms with Crippen LogP contribution in [-0.4, -0.2) is 10.9 Å². The molecule has 0 N–H and O–H groups in total. The molecule has 0 saturated carbocycles. The van der Waals surface area contributed by atoms with Crippen molar-refractivity contribution in [3.8, 4) is 0 Å². The maximum absolute atomic E-state index is 13.7. The van der Waals surface area contributed by atoms with Gasteiger partial charge in [0.15, 0.2) is 10.6 Å². The molecule has 2 aromatic carbocycles. The van der Waals surface area contributed by atoms with Crippen LogP contribution in [0.25, 0.3) is 11.0 Å². The first-order valence-electron chi connectivity index (χ1n) is 10.6. The molecule has 1 amide bonds. The van der Waals surface area contributed by atoms with Gasteiger partial charge in [0.05, 0.1) is 22.7 Å². The van der Waals surface area contributed by atoms with E-state index in [1.807, 2.05) is 43.5 Å². The summed E-state index contributed by atoms with van der Waals surface area (Å²) in [7, 11) is 0. The van der Waals surface area contributed by atoms with Crippen molar-refractivity contribution in [1.82, 2.24) is 4.98 Å². The predicted octanol–water partition coefficient (Wildman–Crippen LogP) is 5.91. The number of anilines is 1. The van der Waals surface area contributed by atoms with Crippen molar-refractivity contribution in [3.63, 3.8) is 0 Å². The van der Waals surface area contributed by atoms with Gasteiger partial charge < -0.3 is 4.42 Å². The van der Waals surface area contributed by atoms with E-state index in [1.165, 1.54) is 16.9 Å². The molecule has 1 aliphatic heterocycles. The van der Waals surface area contributed by atoms with Crippen LogP contribution in [0.5, 0.6) is 0 Å². The molecule has 0 fully saturated rings. The molecule has 0 saturated heterocycles. The minimum absolute atomic E-state index is 0.000790. The number of thiazole rings is 1. The summed E-state index contributed by atoms with van der Waals surface area (Å²) in [6.07, 6.45) is 0. The maximum Gasteiger partial charge on any atom is 0.297 e. The Kier molecular flexibility index (Phi) is 4.60. The SMILES string of the molecule is Cc1ccc2oc3c(c(=O)c2c1)C(c1ccc(C(C)(C)C)cc1)N(c1nc(C)cs1)C3=O. The highest BCUT2D eigenvalue weighted by Crippen LogP contribution is 2.42. The van der Waals surface area contributed by atoms with Crippen LogP contribution in [0, 0.1) is 13.8 Å². The highest BCUT2D eigenvalue weighted by molar-refractivity contribution is 7.14. The van der Waals surface area contributed by atoms with Gasteiger partial charge in [0.1, 0.15) is 5.58 Å². The van der Waals surface area contributed by atoms with E-state index in [0.717, 1.165) is 16.8 Å². The molecule has 3 heterocycles. The summed E-state index contributed by atoms with van der Waals surface area (Å²) >= 11 is 1.39. The molecule has 0 radical (unpaired) electrons. The third-order valence-electron chi connectivity index (χ3n) is 5.93. The number of nitrogens with zero attached hydrogens (tertiary/aromatic N) is 2. The molecule has 2 aromatic heterocycles. The number of aromatic nitrogens is 1. The summed E-state index contributed by atoms with van der Waals surface area (Å²) < 4.78 is 6.03. The highest BCUT2D eigenvalue weighted by Gasteiger charge is 2.44. The first-order chi connectivity index (χ1) is 15.1. The second-order valence-corrected chi connectivity index (χ2v) is 10.2. The van der Waals surface area contributed by atoms with E-state index in [4.69, 9.17) is 4.42 Å². The van der Waals surface area contributed by atoms with Crippen LogP contribution in [0.15, 0.2) is 57.1 Å². The zero-order valence-electron chi connectivity index (χ0n) is 18.7. The third kappa shape index (κ3) is 3.17. The molecule has 1 unspecified atom stereocenters. The fourth-order valence-corrected chi connectivity index (χ4v) is 5.04. The van der Waals surface area contributed by atoms with Gasteiger partial charge in [0.25, 0.3) is 5.91 Å². The van der Waals surface area contributed by atoms with Gasteiger partial charge in [-0.1, -0.05) is 56.7 Å². The Morgan fingerprint density at radius 1 is 1.03 bits per heavy atom. The lowest BCUT2D eigenvalue weighted by molar-refractivity contribution is 0.0971. The quantitative estimate of drug-likeness (QED) is 0.385. The van der Waals surface area contributed by atoms with Crippen molar-refractivity contribution in [2.24, 2.45) is 0 Å². The van der Waals surface area contributed by atoms with Gasteiger partial charge >= 0.3 is 0 Å². The number of hydrogen-bond acceptors (Lipinski definition) is 5. The average Bonchev–Trinajstić information content (AvgIpc) is 3.29. The normalized spacial score (nSPS) is 16.1. The molecular formula is C26H24N2O3S. The molecule has 1 aliphatic rings. The molecule has 1 atom stereocenters. The molecule has 162 valence electrons. The first-order valence-corrected chi connectivity index (χ1v) is 11.5. The number of benzene rings is 2. The minimum Gasteiger partial charge on any atom is -0.450 e. The Labute approximate surface area is 190 Å². The molecule has 0 aliphatic carbocycles. The Hall–Kier alpha value is -3.25. The maximum atomic E-state index is 13.7. The monoisotopic (exact) mass is 444 g/mol. The molecule has 5 nitrogen and oxygen atoms in total. The van der Waals surface area contributed by atoms with E-state index in [1.54, 1.807) is 11.0 Å². The van der Waals surface area contributed by atoms with Crippen LogP contribution >= 0.6 is 11.3 Å². The fraction of sp³-hybridized carbons (Fsp3) is 0.269. The standard InChI is InChI=1S/C26H24N2O3S/c1-14-6-11-19-18(12-14)22(29)20-21(16-7-9-17(10-8-16)26(3,4)5)28(24(30)23(20)31-19)25-27-15(2)13-32-25/h6-13,21H,1-5H3. The molecule has 0 spiro atoms. The number of carbonyl (C=O) groups is 1. The Balaban J connectivity index is 1.77. The number of rotatable bonds is 2. The van der Waals surface area contributed by atoms with E-state index in [0.29, 0.717) is 21.7 Å². The summed E-state index contributed by atoms with van der Waals surface area (Å²) in [6.45, 7) is 10.3. The molecule has 32 heavy (non-hydrogen) atoms. The lowest BCUT2D eigenvalue weighted by Crippen LogP contribution is -2.29. The lowest BCUT2D eigenvalue weighted by Gasteiger charge is -2.24. The molecular weight excluding hydrogens is 420 g/mol. The van der Waals surface area contributed by atoms with Crippen LogP contribution in [0.3, 0.4) is 0 Å². The second-order valence-electron chi connectivity index (χ2n) is 9.39. The summed E-state index contributed by atoms with van der Waals surface area (Å²) in [6, 6.07) is 13.0. The van der Waals surface area contributed by atoms with E-state index in [-0.39, 0.29) is 22.5 Å². The van der Waals surface area contributed by atoms with Crippen molar-refractivity contribution in [2.75, 3.05) is 4.90 Å². The zero-order chi connectivity index (χ0) is 22.8. The number of fused-ring (bicyclic) bond motifs is 2. The number of carbonyl (C=O) groups excluding carboxylic acids is 1. The summed E-state index contributed by atoms with van der Waals surface area (Å²) in [5, 5.41) is 2.95. The van der Waals surface area contributed by atoms with Gasteiger partial charge in [0, 0.05) is 5.38 Å². The molecule has 0 bridgehead atoms. The van der Waals surface area contributed by atoms with Gasteiger partial charge in [0.2, 0.25) is 5.76 Å². The Morgan fingerprint density at radius 2 is 1.75 bits per heavy atom. The summed E-state index contributed by atoms with van der Waals surface area (Å²) in [5.41, 5.74) is 4.47. The number of hydrogen-bond donors (Lipinski definition) is 0. The second kappa shape index (κ2) is 7.14. The third-order valence-corrected chi connectivity index (χ3v) is 6.89. The Morgan fingerprint density at radius 3 is 2.38 bits per heavy atom. The van der Waals surface area contributed by atoms with Crippen LogP contribution < -0.4 is 10.3 Å². The van der Waals surface area contributed by atoms with E-state index < -0.39 is 6.04 Å². The van der Waals surface area contributed by atoms with E-state index >= 15 is 0 Å². The first kappa shape index (κ1) is 20.6. The van der Waals surface area contributed by atoms with Crippen LogP contribution in [0.4, 0.5) is 5.13 Å². The minimum atomic E-state index is -0.585. The van der Waals surface area contributed by atoms with Crippen molar-refractivity contribution in [3.05, 3.63) is 91.8 Å². The van der Waals surface area contributed by atoms with E-state index in [2.05, 4.69) is 37.9 Å². The van der Waals surface area contributed by atoms with Crippen LogP contribution in [0.2, 0.25) is 0 Å². The van der Waals surface area contributed by atoms with E-state index in [9.17, 15) is 9.59 Å². The topological polar surface area (TPSA) is 63.4 Å². The predicted molar refractivity (Wildman–Crippen MR) is 128 cm³/mol. The summed E-state index contributed by atoms with van der Waals surface area (Å²) in [4.78, 5) is 33.3. The summed E-state index contributed by atoms with van der Waals surface area (Å²) in [5.74, 6) is -0.233. The number of amides is 1. The van der Waals surface area contributed by atoms with Gasteiger partial charge in [-0.15, -0.1) is 11.3 Å². The lowest BCUT2D eigenvalue weighted by atomic mass is 9.86. The van der Waals surface area contributed by atoms with Crippen LogP contribution in [-0.2, 0) is 5.41 Å². The van der Waals surface area contributed by atoms with Gasteiger partial charge in [-0.25, -0.2) is 4.98 Å². The molecule has 6 heteroatoms. The largest absolute Gasteiger partial charge is 0.450 e.